The SMILES string of the molecule is CCCN(CCC)C1COc2cc(C)c(C)cc2C1O. The minimum absolute atomic E-state index is 0.0736. The van der Waals surface area contributed by atoms with Crippen LogP contribution in [0.1, 0.15) is 49.5 Å². The van der Waals surface area contributed by atoms with E-state index in [1.54, 1.807) is 0 Å². The largest absolute Gasteiger partial charge is 0.491 e. The van der Waals surface area contributed by atoms with Crippen molar-refractivity contribution >= 4 is 0 Å². The molecule has 2 unspecified atom stereocenters. The van der Waals surface area contributed by atoms with Crippen LogP contribution in [0, 0.1) is 13.8 Å². The molecule has 3 nitrogen and oxygen atoms in total. The number of benzene rings is 1. The molecule has 0 saturated carbocycles. The molecule has 0 spiro atoms. The summed E-state index contributed by atoms with van der Waals surface area (Å²) >= 11 is 0. The predicted octanol–water partition coefficient (Wildman–Crippen LogP) is 3.22. The molecule has 112 valence electrons. The van der Waals surface area contributed by atoms with Gasteiger partial charge in [-0.1, -0.05) is 13.8 Å². The van der Waals surface area contributed by atoms with Crippen LogP contribution in [0.4, 0.5) is 0 Å². The zero-order chi connectivity index (χ0) is 14.7. The van der Waals surface area contributed by atoms with Gasteiger partial charge < -0.3 is 9.84 Å². The Labute approximate surface area is 122 Å². The number of aliphatic hydroxyl groups is 1. The molecule has 0 aromatic heterocycles. The first-order valence-corrected chi connectivity index (χ1v) is 7.74. The molecule has 1 aromatic carbocycles. The molecule has 1 aromatic rings. The van der Waals surface area contributed by atoms with Crippen LogP contribution in [0.25, 0.3) is 0 Å². The molecule has 0 bridgehead atoms. The molecule has 2 rings (SSSR count). The van der Waals surface area contributed by atoms with Crippen molar-refractivity contribution in [3.8, 4) is 5.75 Å². The highest BCUT2D eigenvalue weighted by atomic mass is 16.5. The van der Waals surface area contributed by atoms with E-state index in [1.807, 2.05) is 6.07 Å². The zero-order valence-electron chi connectivity index (χ0n) is 13.1. The lowest BCUT2D eigenvalue weighted by Gasteiger charge is -2.38. The van der Waals surface area contributed by atoms with Crippen LogP contribution in [0.15, 0.2) is 12.1 Å². The summed E-state index contributed by atoms with van der Waals surface area (Å²) in [5.41, 5.74) is 3.37. The van der Waals surface area contributed by atoms with E-state index in [2.05, 4.69) is 38.7 Å². The number of hydrogen-bond donors (Lipinski definition) is 1. The Kier molecular flexibility index (Phi) is 5.06. The van der Waals surface area contributed by atoms with E-state index in [4.69, 9.17) is 4.74 Å². The van der Waals surface area contributed by atoms with Gasteiger partial charge in [0, 0.05) is 5.56 Å². The third kappa shape index (κ3) is 2.99. The Morgan fingerprint density at radius 3 is 2.35 bits per heavy atom. The van der Waals surface area contributed by atoms with Gasteiger partial charge in [-0.3, -0.25) is 4.90 Å². The first-order chi connectivity index (χ1) is 9.58. The molecular weight excluding hydrogens is 250 g/mol. The van der Waals surface area contributed by atoms with E-state index in [0.717, 1.165) is 37.2 Å². The van der Waals surface area contributed by atoms with Crippen molar-refractivity contribution in [3.05, 3.63) is 28.8 Å². The molecule has 0 amide bonds. The van der Waals surface area contributed by atoms with Crippen molar-refractivity contribution in [2.75, 3.05) is 19.7 Å². The van der Waals surface area contributed by atoms with Crippen LogP contribution < -0.4 is 4.74 Å². The number of nitrogens with zero attached hydrogens (tertiary/aromatic N) is 1. The zero-order valence-corrected chi connectivity index (χ0v) is 13.1. The van der Waals surface area contributed by atoms with Crippen molar-refractivity contribution < 1.29 is 9.84 Å². The summed E-state index contributed by atoms with van der Waals surface area (Å²) in [4.78, 5) is 2.36. The Bertz CT molecular complexity index is 453. The maximum absolute atomic E-state index is 10.7. The Hall–Kier alpha value is -1.06. The van der Waals surface area contributed by atoms with Crippen molar-refractivity contribution in [1.29, 1.82) is 0 Å². The number of aliphatic hydroxyl groups excluding tert-OH is 1. The first-order valence-electron chi connectivity index (χ1n) is 7.74. The predicted molar refractivity (Wildman–Crippen MR) is 82.3 cm³/mol. The fourth-order valence-corrected chi connectivity index (χ4v) is 2.96. The fourth-order valence-electron chi connectivity index (χ4n) is 2.96. The van der Waals surface area contributed by atoms with Crippen LogP contribution >= 0.6 is 0 Å². The van der Waals surface area contributed by atoms with E-state index < -0.39 is 6.10 Å². The van der Waals surface area contributed by atoms with Gasteiger partial charge in [-0.25, -0.2) is 0 Å². The molecule has 0 fully saturated rings. The smallest absolute Gasteiger partial charge is 0.125 e. The van der Waals surface area contributed by atoms with Crippen molar-refractivity contribution in [1.82, 2.24) is 4.90 Å². The highest BCUT2D eigenvalue weighted by Crippen LogP contribution is 2.36. The molecule has 0 aliphatic carbocycles. The molecule has 2 atom stereocenters. The number of fused-ring (bicyclic) bond motifs is 1. The van der Waals surface area contributed by atoms with Crippen molar-refractivity contribution in [2.45, 2.75) is 52.7 Å². The summed E-state index contributed by atoms with van der Waals surface area (Å²) in [6.07, 6.45) is 1.75. The summed E-state index contributed by atoms with van der Waals surface area (Å²) < 4.78 is 5.91. The minimum Gasteiger partial charge on any atom is -0.491 e. The van der Waals surface area contributed by atoms with Gasteiger partial charge in [-0.2, -0.15) is 0 Å². The van der Waals surface area contributed by atoms with Crippen LogP contribution in [-0.4, -0.2) is 35.7 Å². The van der Waals surface area contributed by atoms with Gasteiger partial charge in [0.25, 0.3) is 0 Å². The lowest BCUT2D eigenvalue weighted by molar-refractivity contribution is 0.00323. The topological polar surface area (TPSA) is 32.7 Å². The Morgan fingerprint density at radius 1 is 1.15 bits per heavy atom. The Morgan fingerprint density at radius 2 is 1.75 bits per heavy atom. The number of rotatable bonds is 5. The minimum atomic E-state index is -0.448. The van der Waals surface area contributed by atoms with Crippen LogP contribution in [0.3, 0.4) is 0 Å². The summed E-state index contributed by atoms with van der Waals surface area (Å²) in [6, 6.07) is 4.20. The maximum Gasteiger partial charge on any atom is 0.125 e. The molecule has 0 saturated heterocycles. The maximum atomic E-state index is 10.7. The molecule has 1 heterocycles. The van der Waals surface area contributed by atoms with Gasteiger partial charge in [-0.15, -0.1) is 0 Å². The number of hydrogen-bond acceptors (Lipinski definition) is 3. The standard InChI is InChI=1S/C17H27NO2/c1-5-7-18(8-6-2)15-11-20-16-10-13(4)12(3)9-14(16)17(15)19/h9-10,15,17,19H,5-8,11H2,1-4H3. The van der Waals surface area contributed by atoms with E-state index in [-0.39, 0.29) is 6.04 Å². The van der Waals surface area contributed by atoms with E-state index in [0.29, 0.717) is 6.61 Å². The third-order valence-corrected chi connectivity index (χ3v) is 4.21. The molecule has 0 radical (unpaired) electrons. The van der Waals surface area contributed by atoms with Gasteiger partial charge in [0.05, 0.1) is 6.04 Å². The average molecular weight is 277 g/mol. The normalized spacial score (nSPS) is 21.7. The highest BCUT2D eigenvalue weighted by molar-refractivity contribution is 5.44. The molecule has 1 aliphatic rings. The molecular formula is C17H27NO2. The Balaban J connectivity index is 2.25. The summed E-state index contributed by atoms with van der Waals surface area (Å²) in [5.74, 6) is 0.852. The van der Waals surface area contributed by atoms with E-state index in [9.17, 15) is 5.11 Å². The average Bonchev–Trinajstić information content (AvgIpc) is 2.41. The van der Waals surface area contributed by atoms with Gasteiger partial charge in [-0.05, 0) is 63.0 Å². The fraction of sp³-hybridized carbons (Fsp3) is 0.647. The van der Waals surface area contributed by atoms with Crippen LogP contribution in [0.2, 0.25) is 0 Å². The van der Waals surface area contributed by atoms with Gasteiger partial charge >= 0.3 is 0 Å². The highest BCUT2D eigenvalue weighted by Gasteiger charge is 2.33. The number of aryl methyl sites for hydroxylation is 2. The van der Waals surface area contributed by atoms with Gasteiger partial charge in [0.2, 0.25) is 0 Å². The summed E-state index contributed by atoms with van der Waals surface area (Å²) in [6.45, 7) is 11.1. The van der Waals surface area contributed by atoms with Crippen molar-refractivity contribution in [3.63, 3.8) is 0 Å². The monoisotopic (exact) mass is 277 g/mol. The van der Waals surface area contributed by atoms with Crippen LogP contribution in [0.5, 0.6) is 5.75 Å². The van der Waals surface area contributed by atoms with Gasteiger partial charge in [0.1, 0.15) is 18.5 Å². The first kappa shape index (κ1) is 15.3. The molecule has 1 N–H and O–H groups in total. The summed E-state index contributed by atoms with van der Waals surface area (Å²) in [7, 11) is 0. The van der Waals surface area contributed by atoms with E-state index in [1.165, 1.54) is 11.1 Å². The van der Waals surface area contributed by atoms with Crippen LogP contribution in [-0.2, 0) is 0 Å². The molecule has 3 heteroatoms. The molecule has 20 heavy (non-hydrogen) atoms. The molecule has 1 aliphatic heterocycles. The quantitative estimate of drug-likeness (QED) is 0.897. The van der Waals surface area contributed by atoms with Gasteiger partial charge in [0.15, 0.2) is 0 Å². The third-order valence-electron chi connectivity index (χ3n) is 4.21. The van der Waals surface area contributed by atoms with Crippen molar-refractivity contribution in [2.24, 2.45) is 0 Å². The summed E-state index contributed by atoms with van der Waals surface area (Å²) in [5, 5.41) is 10.7. The number of ether oxygens (including phenoxy) is 1. The second-order valence-electron chi connectivity index (χ2n) is 5.83. The lowest BCUT2D eigenvalue weighted by atomic mass is 9.94. The van der Waals surface area contributed by atoms with E-state index >= 15 is 0 Å². The second-order valence-corrected chi connectivity index (χ2v) is 5.83. The lowest BCUT2D eigenvalue weighted by Crippen LogP contribution is -2.46. The second kappa shape index (κ2) is 6.59.